The first-order valence-electron chi connectivity index (χ1n) is 5.36. The Morgan fingerprint density at radius 2 is 2.06 bits per heavy atom. The van der Waals surface area contributed by atoms with Crippen LogP contribution in [0.1, 0.15) is 18.4 Å². The summed E-state index contributed by atoms with van der Waals surface area (Å²) in [4.78, 5) is 11.8. The largest absolute Gasteiger partial charge is 0.490 e. The van der Waals surface area contributed by atoms with Crippen molar-refractivity contribution in [1.29, 1.82) is 0 Å². The molecule has 0 radical (unpaired) electrons. The molecule has 16 heavy (non-hydrogen) atoms. The van der Waals surface area contributed by atoms with Crippen LogP contribution in [-0.4, -0.2) is 12.4 Å². The van der Waals surface area contributed by atoms with E-state index < -0.39 is 0 Å². The monoisotopic (exact) mass is 220 g/mol. The van der Waals surface area contributed by atoms with E-state index in [4.69, 9.17) is 4.74 Å². The predicted molar refractivity (Wildman–Crippen MR) is 58.4 cm³/mol. The van der Waals surface area contributed by atoms with Crippen molar-refractivity contribution >= 4 is 5.78 Å². The highest BCUT2D eigenvalue weighted by Gasteiger charge is 2.14. The molecule has 0 amide bonds. The molecule has 84 valence electrons. The molecule has 1 aliphatic heterocycles. The third-order valence-corrected chi connectivity index (χ3v) is 2.49. The lowest BCUT2D eigenvalue weighted by atomic mass is 10.1. The number of halogens is 1. The van der Waals surface area contributed by atoms with Crippen LogP contribution in [0.15, 0.2) is 36.1 Å². The molecule has 0 fully saturated rings. The first-order valence-corrected chi connectivity index (χ1v) is 5.36. The quantitative estimate of drug-likeness (QED) is 0.782. The molecule has 1 aliphatic rings. The van der Waals surface area contributed by atoms with Gasteiger partial charge in [-0.15, -0.1) is 0 Å². The van der Waals surface area contributed by atoms with Gasteiger partial charge in [0.1, 0.15) is 5.82 Å². The third-order valence-electron chi connectivity index (χ3n) is 2.49. The van der Waals surface area contributed by atoms with Crippen LogP contribution in [0.5, 0.6) is 0 Å². The van der Waals surface area contributed by atoms with Gasteiger partial charge in [0.25, 0.3) is 0 Å². The molecular formula is C13H13FO2. The molecule has 0 bridgehead atoms. The van der Waals surface area contributed by atoms with Crippen LogP contribution in [-0.2, 0) is 16.0 Å². The number of Topliss-reactive ketones (excluding diaryl/α,β-unsaturated/α-hetero) is 1. The molecule has 0 atom stereocenters. The van der Waals surface area contributed by atoms with Crippen LogP contribution in [0.25, 0.3) is 0 Å². The zero-order chi connectivity index (χ0) is 11.4. The van der Waals surface area contributed by atoms with Crippen LogP contribution in [0.4, 0.5) is 4.39 Å². The van der Waals surface area contributed by atoms with Gasteiger partial charge in [-0.3, -0.25) is 4.79 Å². The van der Waals surface area contributed by atoms with Crippen LogP contribution in [0.3, 0.4) is 0 Å². The van der Waals surface area contributed by atoms with Crippen molar-refractivity contribution in [1.82, 2.24) is 0 Å². The Hall–Kier alpha value is -1.64. The Morgan fingerprint density at radius 1 is 1.31 bits per heavy atom. The minimum Gasteiger partial charge on any atom is -0.490 e. The molecule has 0 N–H and O–H groups in total. The molecule has 1 aromatic carbocycles. The number of carbonyl (C=O) groups is 1. The third kappa shape index (κ3) is 2.69. The lowest BCUT2D eigenvalue weighted by Crippen LogP contribution is -2.13. The standard InChI is InChI=1S/C13H13FO2/c14-11-6-4-10(5-7-11)9-12(15)13-3-1-2-8-16-13/h3-7H,1-2,8-9H2. The van der Waals surface area contributed by atoms with E-state index in [1.165, 1.54) is 12.1 Å². The number of hydrogen-bond donors (Lipinski definition) is 0. The Labute approximate surface area is 93.7 Å². The second kappa shape index (κ2) is 4.92. The van der Waals surface area contributed by atoms with E-state index in [9.17, 15) is 9.18 Å². The summed E-state index contributed by atoms with van der Waals surface area (Å²) in [7, 11) is 0. The van der Waals surface area contributed by atoms with Gasteiger partial charge in [-0.1, -0.05) is 12.1 Å². The average molecular weight is 220 g/mol. The van der Waals surface area contributed by atoms with E-state index in [1.807, 2.05) is 6.08 Å². The molecule has 0 aromatic heterocycles. The second-order valence-electron chi connectivity index (χ2n) is 3.79. The summed E-state index contributed by atoms with van der Waals surface area (Å²) in [6, 6.07) is 5.96. The summed E-state index contributed by atoms with van der Waals surface area (Å²) >= 11 is 0. The van der Waals surface area contributed by atoms with Crippen molar-refractivity contribution in [3.8, 4) is 0 Å². The second-order valence-corrected chi connectivity index (χ2v) is 3.79. The molecule has 3 heteroatoms. The molecule has 2 rings (SSSR count). The van der Waals surface area contributed by atoms with Gasteiger partial charge in [0.2, 0.25) is 5.78 Å². The number of rotatable bonds is 3. The Kier molecular flexibility index (Phi) is 3.34. The van der Waals surface area contributed by atoms with Crippen LogP contribution in [0, 0.1) is 5.82 Å². The average Bonchev–Trinajstić information content (AvgIpc) is 2.33. The molecule has 1 heterocycles. The maximum Gasteiger partial charge on any atom is 0.201 e. The molecule has 0 saturated carbocycles. The SMILES string of the molecule is O=C(Cc1ccc(F)cc1)C1=CCCCO1. The zero-order valence-corrected chi connectivity index (χ0v) is 8.91. The van der Waals surface area contributed by atoms with Crippen molar-refractivity contribution < 1.29 is 13.9 Å². The number of ketones is 1. The lowest BCUT2D eigenvalue weighted by Gasteiger charge is -2.13. The fourth-order valence-corrected chi connectivity index (χ4v) is 1.63. The topological polar surface area (TPSA) is 26.3 Å². The highest BCUT2D eigenvalue weighted by molar-refractivity contribution is 5.95. The summed E-state index contributed by atoms with van der Waals surface area (Å²) < 4.78 is 17.9. The highest BCUT2D eigenvalue weighted by atomic mass is 19.1. The summed E-state index contributed by atoms with van der Waals surface area (Å²) in [5, 5.41) is 0. The normalized spacial score (nSPS) is 15.2. The summed E-state index contributed by atoms with van der Waals surface area (Å²) in [6.45, 7) is 0.612. The van der Waals surface area contributed by atoms with Crippen LogP contribution >= 0.6 is 0 Å². The number of carbonyl (C=O) groups excluding carboxylic acids is 1. The summed E-state index contributed by atoms with van der Waals surface area (Å²) in [5.41, 5.74) is 0.807. The van der Waals surface area contributed by atoms with Gasteiger partial charge in [-0.2, -0.15) is 0 Å². The smallest absolute Gasteiger partial charge is 0.201 e. The van der Waals surface area contributed by atoms with Crippen LogP contribution < -0.4 is 0 Å². The van der Waals surface area contributed by atoms with Crippen LogP contribution in [0.2, 0.25) is 0 Å². The van der Waals surface area contributed by atoms with Gasteiger partial charge < -0.3 is 4.74 Å². The van der Waals surface area contributed by atoms with E-state index >= 15 is 0 Å². The van der Waals surface area contributed by atoms with Gasteiger partial charge in [-0.25, -0.2) is 4.39 Å². The summed E-state index contributed by atoms with van der Waals surface area (Å²) in [6.07, 6.45) is 3.96. The number of allylic oxidation sites excluding steroid dienone is 2. The lowest BCUT2D eigenvalue weighted by molar-refractivity contribution is -0.118. The molecule has 2 nitrogen and oxygen atoms in total. The first-order chi connectivity index (χ1) is 7.75. The number of hydrogen-bond acceptors (Lipinski definition) is 2. The van der Waals surface area contributed by atoms with E-state index in [-0.39, 0.29) is 18.0 Å². The maximum absolute atomic E-state index is 12.7. The Balaban J connectivity index is 2.01. The molecule has 0 aliphatic carbocycles. The predicted octanol–water partition coefficient (Wildman–Crippen LogP) is 2.63. The molecule has 0 unspecified atom stereocenters. The van der Waals surface area contributed by atoms with Crippen molar-refractivity contribution in [2.75, 3.05) is 6.61 Å². The van der Waals surface area contributed by atoms with Gasteiger partial charge in [0.05, 0.1) is 6.61 Å². The zero-order valence-electron chi connectivity index (χ0n) is 8.91. The molecule has 0 spiro atoms. The van der Waals surface area contributed by atoms with Crippen molar-refractivity contribution in [3.05, 3.63) is 47.5 Å². The van der Waals surface area contributed by atoms with E-state index in [0.29, 0.717) is 12.4 Å². The summed E-state index contributed by atoms with van der Waals surface area (Å²) in [5.74, 6) is 0.131. The molecule has 1 aromatic rings. The van der Waals surface area contributed by atoms with E-state index in [1.54, 1.807) is 12.1 Å². The fraction of sp³-hybridized carbons (Fsp3) is 0.308. The Morgan fingerprint density at radius 3 is 2.69 bits per heavy atom. The van der Waals surface area contributed by atoms with Crippen molar-refractivity contribution in [2.24, 2.45) is 0 Å². The molecular weight excluding hydrogens is 207 g/mol. The number of ether oxygens (including phenoxy) is 1. The maximum atomic E-state index is 12.7. The fourth-order valence-electron chi connectivity index (χ4n) is 1.63. The minimum atomic E-state index is -0.288. The molecule has 0 saturated heterocycles. The minimum absolute atomic E-state index is 0.0358. The number of benzene rings is 1. The van der Waals surface area contributed by atoms with Gasteiger partial charge in [0, 0.05) is 6.42 Å². The van der Waals surface area contributed by atoms with Gasteiger partial charge in [-0.05, 0) is 36.6 Å². The Bertz CT molecular complexity index is 406. The van der Waals surface area contributed by atoms with Crippen molar-refractivity contribution in [3.63, 3.8) is 0 Å². The van der Waals surface area contributed by atoms with Gasteiger partial charge in [0.15, 0.2) is 5.76 Å². The van der Waals surface area contributed by atoms with E-state index in [2.05, 4.69) is 0 Å². The highest BCUT2D eigenvalue weighted by Crippen LogP contribution is 2.13. The first kappa shape index (κ1) is 10.9. The van der Waals surface area contributed by atoms with E-state index in [0.717, 1.165) is 18.4 Å². The van der Waals surface area contributed by atoms with Crippen molar-refractivity contribution in [2.45, 2.75) is 19.3 Å². The van der Waals surface area contributed by atoms with Gasteiger partial charge >= 0.3 is 0 Å².